The average Bonchev–Trinajstić information content (AvgIpc) is 3.15. The Morgan fingerprint density at radius 3 is 2.51 bits per heavy atom. The van der Waals surface area contributed by atoms with Crippen LogP contribution >= 0.6 is 0 Å². The van der Waals surface area contributed by atoms with Crippen molar-refractivity contribution < 1.29 is 38.9 Å². The summed E-state index contributed by atoms with van der Waals surface area (Å²) in [7, 11) is 0. The number of nitrogens with two attached hydrogens (primary N) is 1. The molecule has 0 aromatic heterocycles. The number of ketones is 2. The van der Waals surface area contributed by atoms with Crippen molar-refractivity contribution in [2.24, 2.45) is 46.2 Å². The molecule has 0 spiro atoms. The molecule has 216 valence electrons. The van der Waals surface area contributed by atoms with Gasteiger partial charge in [-0.25, -0.2) is 0 Å². The molecule has 0 radical (unpaired) electrons. The Kier molecular flexibility index (Phi) is 7.77. The minimum Gasteiger partial charge on any atom is -0.450 e. The molecule has 4 aliphatic carbocycles. The van der Waals surface area contributed by atoms with Gasteiger partial charge in [-0.3, -0.25) is 19.2 Å². The minimum atomic E-state index is -2.16. The van der Waals surface area contributed by atoms with Gasteiger partial charge < -0.3 is 25.4 Å². The average molecular weight is 546 g/mol. The van der Waals surface area contributed by atoms with Crippen LogP contribution in [0.25, 0.3) is 0 Å². The summed E-state index contributed by atoms with van der Waals surface area (Å²) in [4.78, 5) is 51.4. The molecular formula is C30H43NO8. The second-order valence-corrected chi connectivity index (χ2v) is 12.9. The van der Waals surface area contributed by atoms with E-state index < -0.39 is 52.6 Å². The maximum absolute atomic E-state index is 14.0. The highest BCUT2D eigenvalue weighted by Crippen LogP contribution is 2.68. The summed E-state index contributed by atoms with van der Waals surface area (Å²) in [5.41, 5.74) is 3.56. The lowest BCUT2D eigenvalue weighted by Gasteiger charge is -2.61. The number of hydrogen-bond acceptors (Lipinski definition) is 9. The summed E-state index contributed by atoms with van der Waals surface area (Å²) < 4.78 is 11.0. The molecule has 3 saturated carbocycles. The van der Waals surface area contributed by atoms with Gasteiger partial charge in [0.1, 0.15) is 6.04 Å². The topological polar surface area (TPSA) is 153 Å². The molecule has 4 rings (SSSR count). The number of fused-ring (bicyclic) bond motifs is 5. The first-order valence-corrected chi connectivity index (χ1v) is 14.2. The van der Waals surface area contributed by atoms with Gasteiger partial charge in [-0.15, -0.1) is 0 Å². The Balaban J connectivity index is 1.73. The lowest BCUT2D eigenvalue weighted by Crippen LogP contribution is -2.64. The van der Waals surface area contributed by atoms with Crippen molar-refractivity contribution >= 4 is 23.5 Å². The molecule has 4 aliphatic rings. The van der Waals surface area contributed by atoms with E-state index in [1.165, 1.54) is 0 Å². The lowest BCUT2D eigenvalue weighted by molar-refractivity contribution is -0.215. The highest BCUT2D eigenvalue weighted by atomic mass is 16.6. The summed E-state index contributed by atoms with van der Waals surface area (Å²) in [5.74, 6) is -3.02. The Morgan fingerprint density at radius 1 is 1.23 bits per heavy atom. The summed E-state index contributed by atoms with van der Waals surface area (Å²) in [6.07, 6.45) is 3.68. The SMILES string of the molecule is CCC(=O)O[C@]1(C(=O)C(O)OC(=O)[C@@H](N)C(C)C)CC[C@H]2[C@@H]3C[C@H](C)C4=CC(=O)C=C[C@]4(C)[C@H]3[C@@H](O)C[C@@]21C. The largest absolute Gasteiger partial charge is 0.450 e. The van der Waals surface area contributed by atoms with Gasteiger partial charge in [-0.1, -0.05) is 53.2 Å². The second-order valence-electron chi connectivity index (χ2n) is 12.9. The summed E-state index contributed by atoms with van der Waals surface area (Å²) >= 11 is 0. The van der Waals surface area contributed by atoms with Gasteiger partial charge in [0.2, 0.25) is 5.78 Å². The zero-order chi connectivity index (χ0) is 29.1. The Labute approximate surface area is 230 Å². The highest BCUT2D eigenvalue weighted by Gasteiger charge is 2.71. The lowest BCUT2D eigenvalue weighted by atomic mass is 9.44. The van der Waals surface area contributed by atoms with E-state index in [2.05, 4.69) is 13.8 Å². The van der Waals surface area contributed by atoms with Gasteiger partial charge in [0, 0.05) is 23.2 Å². The van der Waals surface area contributed by atoms with Gasteiger partial charge >= 0.3 is 11.9 Å². The van der Waals surface area contributed by atoms with Gasteiger partial charge in [0.05, 0.1) is 6.10 Å². The van der Waals surface area contributed by atoms with Crippen molar-refractivity contribution in [2.75, 3.05) is 0 Å². The van der Waals surface area contributed by atoms with Gasteiger partial charge in [0.15, 0.2) is 11.4 Å². The molecule has 0 heterocycles. The van der Waals surface area contributed by atoms with E-state index in [4.69, 9.17) is 15.2 Å². The molecule has 3 fully saturated rings. The first-order valence-electron chi connectivity index (χ1n) is 14.2. The van der Waals surface area contributed by atoms with E-state index >= 15 is 0 Å². The number of rotatable bonds is 7. The smallest absolute Gasteiger partial charge is 0.325 e. The molecule has 4 N–H and O–H groups in total. The van der Waals surface area contributed by atoms with Crippen LogP contribution in [0.1, 0.15) is 73.6 Å². The molecule has 0 aliphatic heterocycles. The number of hydrogen-bond donors (Lipinski definition) is 3. The Hall–Kier alpha value is -2.36. The molecule has 10 atom stereocenters. The second kappa shape index (κ2) is 10.2. The quantitative estimate of drug-likeness (QED) is 0.324. The van der Waals surface area contributed by atoms with E-state index in [1.807, 2.05) is 13.0 Å². The fourth-order valence-electron chi connectivity index (χ4n) is 8.34. The van der Waals surface area contributed by atoms with Gasteiger partial charge in [-0.2, -0.15) is 0 Å². The zero-order valence-corrected chi connectivity index (χ0v) is 23.8. The summed E-state index contributed by atoms with van der Waals surface area (Å²) in [5, 5.41) is 22.6. The van der Waals surface area contributed by atoms with Crippen LogP contribution in [0, 0.1) is 40.4 Å². The molecule has 0 aromatic rings. The monoisotopic (exact) mass is 545 g/mol. The fraction of sp³-hybridized carbons (Fsp3) is 0.733. The maximum Gasteiger partial charge on any atom is 0.325 e. The van der Waals surface area contributed by atoms with Crippen molar-refractivity contribution in [1.29, 1.82) is 0 Å². The van der Waals surface area contributed by atoms with Crippen LogP contribution in [-0.4, -0.2) is 57.8 Å². The Bertz CT molecular complexity index is 1110. The standard InChI is InChI=1S/C30H43NO8/c1-7-22(34)39-30(25(35)27(37)38-26(36)24(31)15(2)3)11-9-19-18-12-16(4)20-13-17(32)8-10-28(20,5)23(18)21(33)14-29(19,30)6/h8,10,13,15-16,18-19,21,23-24,27,33,37H,7,9,11-12,14,31H2,1-6H3/t16-,18-,19-,21-,23+,24-,27?,28-,29-,30-/m0/s1. The molecule has 0 saturated heterocycles. The number of ether oxygens (including phenoxy) is 2. The van der Waals surface area contributed by atoms with Crippen molar-refractivity contribution in [2.45, 2.75) is 97.7 Å². The van der Waals surface area contributed by atoms with Crippen molar-refractivity contribution in [3.8, 4) is 0 Å². The number of Topliss-reactive ketones (excluding diaryl/α,β-unsaturated/α-hetero) is 1. The highest BCUT2D eigenvalue weighted by molar-refractivity contribution is 6.01. The van der Waals surface area contributed by atoms with Crippen LogP contribution in [0.3, 0.4) is 0 Å². The van der Waals surface area contributed by atoms with Crippen LogP contribution < -0.4 is 5.73 Å². The van der Waals surface area contributed by atoms with E-state index in [0.29, 0.717) is 12.8 Å². The summed E-state index contributed by atoms with van der Waals surface area (Å²) in [6.45, 7) is 11.0. The van der Waals surface area contributed by atoms with E-state index in [1.54, 1.807) is 32.9 Å². The molecule has 39 heavy (non-hydrogen) atoms. The van der Waals surface area contributed by atoms with E-state index in [9.17, 15) is 29.4 Å². The molecular weight excluding hydrogens is 502 g/mol. The normalized spacial score (nSPS) is 40.6. The van der Waals surface area contributed by atoms with E-state index in [0.717, 1.165) is 5.57 Å². The van der Waals surface area contributed by atoms with E-state index in [-0.39, 0.29) is 54.6 Å². The first-order chi connectivity index (χ1) is 18.1. The van der Waals surface area contributed by atoms with Crippen LogP contribution in [0.4, 0.5) is 0 Å². The molecule has 9 nitrogen and oxygen atoms in total. The maximum atomic E-state index is 14.0. The predicted molar refractivity (Wildman–Crippen MR) is 142 cm³/mol. The molecule has 0 aromatic carbocycles. The van der Waals surface area contributed by atoms with Crippen LogP contribution in [0.5, 0.6) is 0 Å². The third-order valence-electron chi connectivity index (χ3n) is 10.4. The van der Waals surface area contributed by atoms with Crippen molar-refractivity contribution in [3.05, 3.63) is 23.8 Å². The van der Waals surface area contributed by atoms with Crippen LogP contribution in [-0.2, 0) is 28.7 Å². The van der Waals surface area contributed by atoms with Crippen LogP contribution in [0.15, 0.2) is 23.8 Å². The third kappa shape index (κ3) is 4.50. The first kappa shape index (κ1) is 29.6. The van der Waals surface area contributed by atoms with Gasteiger partial charge in [0.25, 0.3) is 6.29 Å². The molecule has 0 bridgehead atoms. The van der Waals surface area contributed by atoms with Crippen molar-refractivity contribution in [3.63, 3.8) is 0 Å². The summed E-state index contributed by atoms with van der Waals surface area (Å²) in [6, 6.07) is -1.03. The number of esters is 2. The zero-order valence-electron chi connectivity index (χ0n) is 23.8. The van der Waals surface area contributed by atoms with Crippen LogP contribution in [0.2, 0.25) is 0 Å². The number of carbonyl (C=O) groups is 4. The number of aliphatic hydroxyl groups excluding tert-OH is 2. The third-order valence-corrected chi connectivity index (χ3v) is 10.4. The minimum absolute atomic E-state index is 0.0145. The number of carbonyl (C=O) groups excluding carboxylic acids is 4. The van der Waals surface area contributed by atoms with Crippen molar-refractivity contribution in [1.82, 2.24) is 0 Å². The Morgan fingerprint density at radius 2 is 1.90 bits per heavy atom. The molecule has 9 heteroatoms. The predicted octanol–water partition coefficient (Wildman–Crippen LogP) is 2.62. The molecule has 0 amide bonds. The number of allylic oxidation sites excluding steroid dienone is 4. The fourth-order valence-corrected chi connectivity index (χ4v) is 8.34. The van der Waals surface area contributed by atoms with Gasteiger partial charge in [-0.05, 0) is 61.5 Å². The number of aliphatic hydroxyl groups is 2. The molecule has 1 unspecified atom stereocenters.